The van der Waals surface area contributed by atoms with Gasteiger partial charge in [-0.3, -0.25) is 4.90 Å². The molecule has 5 nitrogen and oxygen atoms in total. The summed E-state index contributed by atoms with van der Waals surface area (Å²) in [7, 11) is 5.01. The van der Waals surface area contributed by atoms with E-state index in [1.807, 2.05) is 24.3 Å². The lowest BCUT2D eigenvalue weighted by Crippen LogP contribution is -2.45. The van der Waals surface area contributed by atoms with Gasteiger partial charge in [0.1, 0.15) is 5.75 Å². The van der Waals surface area contributed by atoms with Gasteiger partial charge in [-0.15, -0.1) is 0 Å². The lowest BCUT2D eigenvalue weighted by atomic mass is 9.69. The Labute approximate surface area is 172 Å². The van der Waals surface area contributed by atoms with Crippen LogP contribution in [0.25, 0.3) is 0 Å². The molecule has 1 heterocycles. The number of ether oxygens (including phenoxy) is 3. The average Bonchev–Trinajstić information content (AvgIpc) is 3.12. The van der Waals surface area contributed by atoms with E-state index < -0.39 is 6.10 Å². The lowest BCUT2D eigenvalue weighted by Gasteiger charge is -2.40. The normalized spacial score (nSPS) is 26.2. The Balaban J connectivity index is 1.66. The Bertz CT molecular complexity index is 879. The number of fused-ring (bicyclic) bond motifs is 1. The summed E-state index contributed by atoms with van der Waals surface area (Å²) < 4.78 is 16.3. The van der Waals surface area contributed by atoms with Gasteiger partial charge < -0.3 is 19.3 Å². The Morgan fingerprint density at radius 1 is 1.00 bits per heavy atom. The van der Waals surface area contributed by atoms with Crippen LogP contribution in [0.1, 0.15) is 24.0 Å². The molecule has 0 amide bonds. The molecule has 5 heteroatoms. The van der Waals surface area contributed by atoms with Crippen molar-refractivity contribution in [2.24, 2.45) is 0 Å². The van der Waals surface area contributed by atoms with E-state index in [9.17, 15) is 5.11 Å². The topological polar surface area (TPSA) is 51.2 Å². The van der Waals surface area contributed by atoms with Gasteiger partial charge >= 0.3 is 0 Å². The molecule has 2 aromatic rings. The maximum Gasteiger partial charge on any atom is 0.161 e. The molecular formula is C24H29NO4. The fourth-order valence-electron chi connectivity index (χ4n) is 4.83. The van der Waals surface area contributed by atoms with E-state index in [-0.39, 0.29) is 11.5 Å². The molecule has 0 spiro atoms. The first kappa shape index (κ1) is 19.8. The monoisotopic (exact) mass is 395 g/mol. The fraction of sp³-hybridized carbons (Fsp3) is 0.417. The molecule has 1 fully saturated rings. The number of aliphatic hydroxyl groups excluding tert-OH is 1. The van der Waals surface area contributed by atoms with Gasteiger partial charge in [0.15, 0.2) is 11.5 Å². The van der Waals surface area contributed by atoms with E-state index in [1.165, 1.54) is 11.1 Å². The van der Waals surface area contributed by atoms with Crippen LogP contribution in [-0.2, 0) is 12.0 Å². The van der Waals surface area contributed by atoms with E-state index >= 15 is 0 Å². The molecule has 3 atom stereocenters. The molecule has 2 aromatic carbocycles. The van der Waals surface area contributed by atoms with Crippen LogP contribution in [0.15, 0.2) is 54.6 Å². The van der Waals surface area contributed by atoms with Crippen molar-refractivity contribution in [3.8, 4) is 17.2 Å². The maximum absolute atomic E-state index is 10.4. The molecule has 0 bridgehead atoms. The molecule has 1 aliphatic carbocycles. The molecule has 1 saturated heterocycles. The van der Waals surface area contributed by atoms with Crippen molar-refractivity contribution in [2.75, 3.05) is 27.9 Å². The minimum absolute atomic E-state index is 0.134. The molecule has 2 aliphatic rings. The van der Waals surface area contributed by atoms with E-state index in [2.05, 4.69) is 35.2 Å². The van der Waals surface area contributed by atoms with Crippen molar-refractivity contribution in [1.82, 2.24) is 4.90 Å². The van der Waals surface area contributed by atoms with Crippen LogP contribution < -0.4 is 14.2 Å². The number of hydrogen-bond donors (Lipinski definition) is 1. The summed E-state index contributed by atoms with van der Waals surface area (Å²) >= 11 is 0. The fourth-order valence-corrected chi connectivity index (χ4v) is 4.83. The third-order valence-electron chi connectivity index (χ3n) is 6.39. The first-order chi connectivity index (χ1) is 14.1. The zero-order valence-electron chi connectivity index (χ0n) is 17.3. The minimum atomic E-state index is -0.412. The number of likely N-dealkylation sites (tertiary alicyclic amines) is 1. The average molecular weight is 395 g/mol. The maximum atomic E-state index is 10.4. The molecule has 0 aromatic heterocycles. The van der Waals surface area contributed by atoms with Crippen molar-refractivity contribution in [3.05, 3.63) is 65.7 Å². The molecule has 0 radical (unpaired) electrons. The number of aliphatic hydroxyl groups is 1. The van der Waals surface area contributed by atoms with Crippen molar-refractivity contribution in [1.29, 1.82) is 0 Å². The van der Waals surface area contributed by atoms with Crippen molar-refractivity contribution in [2.45, 2.75) is 36.9 Å². The van der Waals surface area contributed by atoms with Gasteiger partial charge in [0.05, 0.1) is 27.4 Å². The molecule has 1 N–H and O–H groups in total. The lowest BCUT2D eigenvalue weighted by molar-refractivity contribution is 0.120. The smallest absolute Gasteiger partial charge is 0.161 e. The highest BCUT2D eigenvalue weighted by atomic mass is 16.5. The summed E-state index contributed by atoms with van der Waals surface area (Å²) in [6, 6.07) is 14.7. The van der Waals surface area contributed by atoms with Crippen molar-refractivity contribution >= 4 is 0 Å². The Hall–Kier alpha value is -2.50. The second-order valence-corrected chi connectivity index (χ2v) is 7.86. The Morgan fingerprint density at radius 2 is 1.76 bits per heavy atom. The zero-order chi connectivity index (χ0) is 20.4. The van der Waals surface area contributed by atoms with Crippen LogP contribution in [0, 0.1) is 0 Å². The number of hydrogen-bond acceptors (Lipinski definition) is 5. The predicted molar refractivity (Wildman–Crippen MR) is 113 cm³/mol. The van der Waals surface area contributed by atoms with Gasteiger partial charge in [-0.25, -0.2) is 0 Å². The second-order valence-electron chi connectivity index (χ2n) is 7.86. The summed E-state index contributed by atoms with van der Waals surface area (Å²) in [6.07, 6.45) is 5.48. The zero-order valence-corrected chi connectivity index (χ0v) is 17.3. The van der Waals surface area contributed by atoms with Crippen LogP contribution in [0.4, 0.5) is 0 Å². The van der Waals surface area contributed by atoms with Crippen molar-refractivity contribution < 1.29 is 19.3 Å². The summed E-state index contributed by atoms with van der Waals surface area (Å²) in [5, 5.41) is 10.4. The summed E-state index contributed by atoms with van der Waals surface area (Å²) in [5.41, 5.74) is 2.32. The number of nitrogens with zero attached hydrogens (tertiary/aromatic N) is 1. The standard InChI is InChI=1S/C24H29NO4/c1-27-20-7-4-17(5-8-20)16-25-13-12-24(11-10-19(26)15-23(24)25)18-6-9-21(28-2)22(14-18)29-3/h4-11,14,19,23,26H,12-13,15-16H2,1-3H3/t19-,23-,24-/m0/s1. The highest BCUT2D eigenvalue weighted by molar-refractivity contribution is 5.49. The highest BCUT2D eigenvalue weighted by Crippen LogP contribution is 2.48. The third-order valence-corrected chi connectivity index (χ3v) is 6.39. The van der Waals surface area contributed by atoms with E-state index in [1.54, 1.807) is 21.3 Å². The SMILES string of the molecule is COc1ccc(CN2CC[C@]3(c4ccc(OC)c(OC)c4)C=C[C@H](O)C[C@H]23)cc1. The first-order valence-corrected chi connectivity index (χ1v) is 10.1. The molecule has 0 unspecified atom stereocenters. The van der Waals surface area contributed by atoms with Crippen molar-refractivity contribution in [3.63, 3.8) is 0 Å². The first-order valence-electron chi connectivity index (χ1n) is 10.1. The van der Waals surface area contributed by atoms with Gasteiger partial charge in [-0.2, -0.15) is 0 Å². The summed E-state index contributed by atoms with van der Waals surface area (Å²) in [5.74, 6) is 2.34. The van der Waals surface area contributed by atoms with Crippen LogP contribution >= 0.6 is 0 Å². The Morgan fingerprint density at radius 3 is 2.45 bits per heavy atom. The molecule has 1 aliphatic heterocycles. The predicted octanol–water partition coefficient (Wildman–Crippen LogP) is 3.55. The number of rotatable bonds is 6. The third kappa shape index (κ3) is 3.61. The van der Waals surface area contributed by atoms with Gasteiger partial charge in [-0.1, -0.05) is 30.4 Å². The molecular weight excluding hydrogens is 366 g/mol. The second kappa shape index (κ2) is 8.09. The van der Waals surface area contributed by atoms with Gasteiger partial charge in [0, 0.05) is 24.5 Å². The highest BCUT2D eigenvalue weighted by Gasteiger charge is 2.49. The molecule has 0 saturated carbocycles. The van der Waals surface area contributed by atoms with Gasteiger partial charge in [-0.05, 0) is 48.2 Å². The van der Waals surface area contributed by atoms with Gasteiger partial charge in [0.2, 0.25) is 0 Å². The van der Waals surface area contributed by atoms with Crippen LogP contribution in [0.2, 0.25) is 0 Å². The van der Waals surface area contributed by atoms with Crippen LogP contribution in [0.5, 0.6) is 17.2 Å². The quantitative estimate of drug-likeness (QED) is 0.758. The largest absolute Gasteiger partial charge is 0.497 e. The van der Waals surface area contributed by atoms with E-state index in [0.29, 0.717) is 0 Å². The van der Waals surface area contributed by atoms with Crippen LogP contribution in [-0.4, -0.2) is 50.0 Å². The van der Waals surface area contributed by atoms with Gasteiger partial charge in [0.25, 0.3) is 0 Å². The number of benzene rings is 2. The van der Waals surface area contributed by atoms with E-state index in [0.717, 1.165) is 43.2 Å². The minimum Gasteiger partial charge on any atom is -0.497 e. The van der Waals surface area contributed by atoms with Crippen LogP contribution in [0.3, 0.4) is 0 Å². The molecule has 154 valence electrons. The molecule has 4 rings (SSSR count). The summed E-state index contributed by atoms with van der Waals surface area (Å²) in [6.45, 7) is 1.83. The Kier molecular flexibility index (Phi) is 5.52. The number of methoxy groups -OCH3 is 3. The van der Waals surface area contributed by atoms with E-state index in [4.69, 9.17) is 14.2 Å². The molecule has 29 heavy (non-hydrogen) atoms. The summed E-state index contributed by atoms with van der Waals surface area (Å²) in [4.78, 5) is 2.49.